The topological polar surface area (TPSA) is 264 Å². The number of likely N-dealkylation sites (tertiary alicyclic amines) is 1. The number of phenolic OH excluding ortho intramolecular Hbond substituents is 2. The van der Waals surface area contributed by atoms with E-state index in [0.29, 0.717) is 41.6 Å². The average Bonchev–Trinajstić information content (AvgIpc) is 3.40. The third-order valence-corrected chi connectivity index (χ3v) is 9.62. The normalized spacial score (nSPS) is 19.2. The first kappa shape index (κ1) is 42.2. The van der Waals surface area contributed by atoms with Gasteiger partial charge >= 0.3 is 17.7 Å². The predicted octanol–water partition coefficient (Wildman–Crippen LogP) is 2.71. The van der Waals surface area contributed by atoms with Crippen molar-refractivity contribution in [3.8, 4) is 11.5 Å². The molecule has 3 aromatic rings. The van der Waals surface area contributed by atoms with E-state index in [2.05, 4.69) is 15.6 Å². The quantitative estimate of drug-likeness (QED) is 0.109. The zero-order chi connectivity index (χ0) is 41.8. The number of likely N-dealkylation sites (N-methyl/N-ethyl adjacent to an activating group) is 1. The van der Waals surface area contributed by atoms with E-state index in [1.54, 1.807) is 11.8 Å². The van der Waals surface area contributed by atoms with Crippen molar-refractivity contribution in [2.45, 2.75) is 63.9 Å². The van der Waals surface area contributed by atoms with Crippen LogP contribution in [0.3, 0.4) is 0 Å². The molecule has 0 aliphatic carbocycles. The number of aromatic nitrogens is 2. The second-order valence-corrected chi connectivity index (χ2v) is 13.8. The number of carbonyl (C=O) groups is 3. The molecule has 0 bridgehead atoms. The number of hydrogen-bond donors (Lipinski definition) is 8. The van der Waals surface area contributed by atoms with E-state index in [4.69, 9.17) is 20.3 Å². The molecule has 3 heterocycles. The van der Waals surface area contributed by atoms with Crippen LogP contribution in [0.15, 0.2) is 53.5 Å². The van der Waals surface area contributed by atoms with Gasteiger partial charge in [-0.15, -0.1) is 0 Å². The zero-order valence-corrected chi connectivity index (χ0v) is 31.2. The molecule has 57 heavy (non-hydrogen) atoms. The van der Waals surface area contributed by atoms with Crippen LogP contribution in [0, 0.1) is 16.7 Å². The number of nitrogens with one attached hydrogen (secondary N) is 4. The van der Waals surface area contributed by atoms with E-state index < -0.39 is 66.1 Å². The number of rotatable bonds is 10. The Morgan fingerprint density at radius 3 is 2.33 bits per heavy atom. The molecule has 2 aliphatic heterocycles. The highest BCUT2D eigenvalue weighted by Crippen LogP contribution is 2.42. The number of halogens is 2. The van der Waals surface area contributed by atoms with E-state index in [1.165, 1.54) is 30.3 Å². The van der Waals surface area contributed by atoms with Crippen molar-refractivity contribution in [2.75, 3.05) is 43.1 Å². The number of anilines is 2. The Morgan fingerprint density at radius 1 is 1.09 bits per heavy atom. The smallest absolute Gasteiger partial charge is 0.412 e. The standard InChI is InChI=1S/C37H44F2N8O10/c1-4-42-32(52)31(41)47(30(40)24-15-23(19(2)3)25(49)16-26(24)50)22-7-5-21(6-8-22)33(53)45-12-9-20(10-13-45)18-56-36(55)44-28-11-14-46(35(54)43-28)34-37(38,39)29(51)27(17-48)57-34/h5-8,11,14-16,19-20,27,29,34,40-41,48-51H,4,9-10,12-13,17-18H2,1-3H3,(H,42,52)(H,43,44,54,55)/t27-,29+,34-/m0/s1. The van der Waals surface area contributed by atoms with Crippen LogP contribution in [0.1, 0.15) is 67.2 Å². The summed E-state index contributed by atoms with van der Waals surface area (Å²) < 4.78 is 39.6. The molecule has 0 radical (unpaired) electrons. The summed E-state index contributed by atoms with van der Waals surface area (Å²) in [5.74, 6) is -7.17. The third-order valence-electron chi connectivity index (χ3n) is 9.62. The van der Waals surface area contributed by atoms with Crippen molar-refractivity contribution >= 4 is 41.1 Å². The Hall–Kier alpha value is -5.99. The first-order chi connectivity index (χ1) is 27.0. The fraction of sp³-hybridized carbons (Fsp3) is 0.432. The number of aliphatic hydroxyl groups excluding tert-OH is 2. The molecule has 8 N–H and O–H groups in total. The van der Waals surface area contributed by atoms with Gasteiger partial charge in [0, 0.05) is 43.1 Å². The van der Waals surface area contributed by atoms with Crippen LogP contribution in [0.2, 0.25) is 0 Å². The Labute approximate surface area is 324 Å². The van der Waals surface area contributed by atoms with Crippen LogP contribution in [-0.4, -0.2) is 115 Å². The summed E-state index contributed by atoms with van der Waals surface area (Å²) in [6.45, 7) is 5.25. The van der Waals surface area contributed by atoms with E-state index >= 15 is 0 Å². The van der Waals surface area contributed by atoms with Gasteiger partial charge in [-0.2, -0.15) is 13.8 Å². The van der Waals surface area contributed by atoms with Crippen LogP contribution < -0.4 is 21.2 Å². The molecule has 20 heteroatoms. The maximum atomic E-state index is 14.5. The molecular weight excluding hydrogens is 754 g/mol. The SMILES string of the molecule is CCNC(=O)C(=N)N(C(=N)c1cc(C(C)C)c(O)cc1O)c1ccc(C(=O)N2CCC(COC(=O)Nc3ccn([C@H]4O[C@@H](CO)[C@@H](O)C4(F)F)c(=O)n3)CC2)cc1. The molecule has 2 fully saturated rings. The first-order valence-electron chi connectivity index (χ1n) is 18.0. The maximum Gasteiger partial charge on any atom is 0.412 e. The van der Waals surface area contributed by atoms with Gasteiger partial charge in [0.2, 0.25) is 6.23 Å². The molecule has 2 saturated heterocycles. The van der Waals surface area contributed by atoms with Gasteiger partial charge in [-0.3, -0.25) is 35.2 Å². The molecule has 2 aromatic carbocycles. The minimum atomic E-state index is -3.90. The molecule has 5 rings (SSSR count). The van der Waals surface area contributed by atoms with Gasteiger partial charge < -0.3 is 40.1 Å². The number of amides is 3. The van der Waals surface area contributed by atoms with Crippen molar-refractivity contribution in [1.29, 1.82) is 10.8 Å². The fourth-order valence-electron chi connectivity index (χ4n) is 6.43. The van der Waals surface area contributed by atoms with Gasteiger partial charge in [0.05, 0.1) is 18.8 Å². The Bertz CT molecular complexity index is 2070. The fourth-order valence-corrected chi connectivity index (χ4v) is 6.43. The van der Waals surface area contributed by atoms with Gasteiger partial charge in [-0.05, 0) is 73.6 Å². The van der Waals surface area contributed by atoms with Gasteiger partial charge in [0.15, 0.2) is 11.9 Å². The second-order valence-electron chi connectivity index (χ2n) is 13.8. The molecule has 18 nitrogen and oxygen atoms in total. The van der Waals surface area contributed by atoms with E-state index in [9.17, 15) is 48.4 Å². The van der Waals surface area contributed by atoms with Gasteiger partial charge in [0.1, 0.15) is 29.3 Å². The number of carbonyl (C=O) groups excluding carboxylic acids is 3. The summed E-state index contributed by atoms with van der Waals surface area (Å²) in [7, 11) is 0. The molecule has 0 spiro atoms. The highest BCUT2D eigenvalue weighted by atomic mass is 19.3. The molecule has 0 saturated carbocycles. The van der Waals surface area contributed by atoms with Crippen LogP contribution in [0.25, 0.3) is 0 Å². The minimum absolute atomic E-state index is 0.0266. The number of ether oxygens (including phenoxy) is 2. The highest BCUT2D eigenvalue weighted by molar-refractivity contribution is 6.48. The van der Waals surface area contributed by atoms with Crippen molar-refractivity contribution in [1.82, 2.24) is 19.8 Å². The summed E-state index contributed by atoms with van der Waals surface area (Å²) >= 11 is 0. The number of aromatic hydroxyl groups is 2. The van der Waals surface area contributed by atoms with Crippen molar-refractivity contribution < 1.29 is 53.1 Å². The lowest BCUT2D eigenvalue weighted by atomic mass is 9.97. The number of aliphatic hydroxyl groups is 2. The van der Waals surface area contributed by atoms with Crippen LogP contribution in [0.5, 0.6) is 11.5 Å². The van der Waals surface area contributed by atoms with Crippen molar-refractivity contribution in [3.63, 3.8) is 0 Å². The average molecular weight is 799 g/mol. The maximum absolute atomic E-state index is 14.5. The van der Waals surface area contributed by atoms with Crippen molar-refractivity contribution in [2.24, 2.45) is 5.92 Å². The Kier molecular flexibility index (Phi) is 12.9. The number of piperidine rings is 1. The molecule has 3 amide bonds. The number of nitrogens with zero attached hydrogens (tertiary/aromatic N) is 4. The summed E-state index contributed by atoms with van der Waals surface area (Å²) in [6, 6.07) is 9.53. The summed E-state index contributed by atoms with van der Waals surface area (Å²) in [5, 5.41) is 62.2. The molecule has 0 unspecified atom stereocenters. The molecule has 3 atom stereocenters. The minimum Gasteiger partial charge on any atom is -0.508 e. The molecule has 306 valence electrons. The van der Waals surface area contributed by atoms with E-state index in [-0.39, 0.29) is 53.7 Å². The number of hydrogen-bond acceptors (Lipinski definition) is 13. The highest BCUT2D eigenvalue weighted by Gasteiger charge is 2.59. The molecule has 2 aliphatic rings. The number of benzene rings is 2. The van der Waals surface area contributed by atoms with Crippen LogP contribution in [0.4, 0.5) is 25.1 Å². The number of amidine groups is 2. The third kappa shape index (κ3) is 9.03. The number of phenols is 2. The number of alkyl halides is 2. The van der Waals surface area contributed by atoms with Gasteiger partial charge in [-0.1, -0.05) is 13.8 Å². The van der Waals surface area contributed by atoms with E-state index in [0.717, 1.165) is 23.2 Å². The van der Waals surface area contributed by atoms with Crippen LogP contribution >= 0.6 is 0 Å². The molecule has 1 aromatic heterocycles. The van der Waals surface area contributed by atoms with Gasteiger partial charge in [0.25, 0.3) is 11.8 Å². The summed E-state index contributed by atoms with van der Waals surface area (Å²) in [4.78, 5) is 57.3. The lowest BCUT2D eigenvalue weighted by molar-refractivity contribution is -0.140. The lowest BCUT2D eigenvalue weighted by Crippen LogP contribution is -2.46. The van der Waals surface area contributed by atoms with E-state index in [1.807, 2.05) is 13.8 Å². The zero-order valence-electron chi connectivity index (χ0n) is 31.2. The summed E-state index contributed by atoms with van der Waals surface area (Å²) in [6.07, 6.45) is -5.28. The predicted molar refractivity (Wildman–Crippen MR) is 200 cm³/mol. The Balaban J connectivity index is 1.17. The monoisotopic (exact) mass is 798 g/mol. The van der Waals surface area contributed by atoms with Crippen molar-refractivity contribution in [3.05, 3.63) is 75.8 Å². The second kappa shape index (κ2) is 17.4. The summed E-state index contributed by atoms with van der Waals surface area (Å²) in [5.41, 5.74) is -0.302. The lowest BCUT2D eigenvalue weighted by Gasteiger charge is -2.32. The van der Waals surface area contributed by atoms with Gasteiger partial charge in [-0.25, -0.2) is 9.59 Å². The van der Waals surface area contributed by atoms with Crippen LogP contribution in [-0.2, 0) is 14.3 Å². The Morgan fingerprint density at radius 2 is 1.75 bits per heavy atom. The largest absolute Gasteiger partial charge is 0.508 e. The first-order valence-corrected chi connectivity index (χ1v) is 18.0. The molecular formula is C37H44F2N8O10.